The number of nitrogens with one attached hydrogen (secondary N) is 1. The Labute approximate surface area is 199 Å². The van der Waals surface area contributed by atoms with Crippen molar-refractivity contribution in [1.29, 1.82) is 0 Å². The normalized spacial score (nSPS) is 29.2. The molecule has 0 saturated heterocycles. The van der Waals surface area contributed by atoms with E-state index in [9.17, 15) is 4.39 Å². The van der Waals surface area contributed by atoms with Gasteiger partial charge >= 0.3 is 0 Å². The van der Waals surface area contributed by atoms with Gasteiger partial charge in [-0.25, -0.2) is 4.39 Å². The molecular formula is C27H33BrFNO2. The van der Waals surface area contributed by atoms with E-state index < -0.39 is 0 Å². The summed E-state index contributed by atoms with van der Waals surface area (Å²) >= 11 is 3.64. The second-order valence-electron chi connectivity index (χ2n) is 10.4. The first-order valence-electron chi connectivity index (χ1n) is 11.9. The molecule has 32 heavy (non-hydrogen) atoms. The predicted octanol–water partition coefficient (Wildman–Crippen LogP) is 6.87. The molecule has 4 saturated carbocycles. The Bertz CT molecular complexity index is 943. The smallest absolute Gasteiger partial charge is 0.175 e. The third kappa shape index (κ3) is 4.31. The van der Waals surface area contributed by atoms with Gasteiger partial charge in [-0.1, -0.05) is 18.2 Å². The van der Waals surface area contributed by atoms with Gasteiger partial charge in [-0.05, 0) is 108 Å². The summed E-state index contributed by atoms with van der Waals surface area (Å²) in [6, 6.07) is 11.3. The zero-order chi connectivity index (χ0) is 22.3. The summed E-state index contributed by atoms with van der Waals surface area (Å²) < 4.78 is 26.3. The van der Waals surface area contributed by atoms with Crippen molar-refractivity contribution in [2.75, 3.05) is 7.11 Å². The van der Waals surface area contributed by atoms with Crippen LogP contribution in [0.1, 0.15) is 56.6 Å². The number of benzene rings is 2. The first kappa shape index (κ1) is 22.2. The van der Waals surface area contributed by atoms with Crippen LogP contribution in [0.2, 0.25) is 0 Å². The van der Waals surface area contributed by atoms with Crippen LogP contribution in [0.5, 0.6) is 11.5 Å². The average Bonchev–Trinajstić information content (AvgIpc) is 2.76. The Morgan fingerprint density at radius 2 is 1.75 bits per heavy atom. The SMILES string of the molecule is COc1cc(CN[C@@H](C)C23CC4CC(CC(C4)C2)C3)cc(Br)c1OCc1ccccc1F. The Morgan fingerprint density at radius 3 is 2.38 bits per heavy atom. The summed E-state index contributed by atoms with van der Waals surface area (Å²) in [6.45, 7) is 3.35. The summed E-state index contributed by atoms with van der Waals surface area (Å²) in [5, 5.41) is 3.85. The highest BCUT2D eigenvalue weighted by Crippen LogP contribution is 2.61. The van der Waals surface area contributed by atoms with Crippen LogP contribution in [0, 0.1) is 29.0 Å². The van der Waals surface area contributed by atoms with Crippen molar-refractivity contribution >= 4 is 15.9 Å². The van der Waals surface area contributed by atoms with E-state index in [4.69, 9.17) is 9.47 Å². The van der Waals surface area contributed by atoms with Crippen molar-refractivity contribution in [3.8, 4) is 11.5 Å². The van der Waals surface area contributed by atoms with Gasteiger partial charge in [0, 0.05) is 18.2 Å². The fourth-order valence-corrected chi connectivity index (χ4v) is 7.58. The number of ether oxygens (including phenoxy) is 2. The third-order valence-corrected chi connectivity index (χ3v) is 8.82. The maximum atomic E-state index is 14.0. The molecule has 4 fully saturated rings. The lowest BCUT2D eigenvalue weighted by Crippen LogP contribution is -2.54. The van der Waals surface area contributed by atoms with Gasteiger partial charge in [0.1, 0.15) is 12.4 Å². The molecule has 3 nitrogen and oxygen atoms in total. The molecule has 2 aromatic rings. The van der Waals surface area contributed by atoms with Crippen LogP contribution in [0.25, 0.3) is 0 Å². The predicted molar refractivity (Wildman–Crippen MR) is 128 cm³/mol. The van der Waals surface area contributed by atoms with E-state index >= 15 is 0 Å². The molecule has 0 amide bonds. The van der Waals surface area contributed by atoms with Crippen LogP contribution in [-0.2, 0) is 13.2 Å². The van der Waals surface area contributed by atoms with Gasteiger partial charge in [-0.15, -0.1) is 0 Å². The molecule has 1 N–H and O–H groups in total. The molecule has 4 aliphatic carbocycles. The van der Waals surface area contributed by atoms with Gasteiger partial charge in [0.2, 0.25) is 0 Å². The number of methoxy groups -OCH3 is 1. The zero-order valence-electron chi connectivity index (χ0n) is 19.0. The molecule has 0 aliphatic heterocycles. The molecule has 5 heteroatoms. The fourth-order valence-electron chi connectivity index (χ4n) is 6.98. The molecule has 4 aliphatic rings. The number of hydrogen-bond acceptors (Lipinski definition) is 3. The Morgan fingerprint density at radius 1 is 1.09 bits per heavy atom. The standard InChI is InChI=1S/C27H33BrFNO2/c1-17(27-12-18-7-19(13-27)9-20(8-18)14-27)30-15-21-10-23(28)26(25(11-21)31-2)32-16-22-5-3-4-6-24(22)29/h3-6,10-11,17-20,30H,7-9,12-16H2,1-2H3/t17-,18?,19?,20?,27?/m0/s1. The third-order valence-electron chi connectivity index (χ3n) is 8.24. The minimum Gasteiger partial charge on any atom is -0.493 e. The van der Waals surface area contributed by atoms with E-state index in [0.717, 1.165) is 34.3 Å². The first-order valence-corrected chi connectivity index (χ1v) is 12.7. The summed E-state index contributed by atoms with van der Waals surface area (Å²) in [7, 11) is 1.65. The molecule has 2 aromatic carbocycles. The van der Waals surface area contributed by atoms with Gasteiger partial charge in [0.15, 0.2) is 11.5 Å². The lowest BCUT2D eigenvalue weighted by atomic mass is 9.48. The fraction of sp³-hybridized carbons (Fsp3) is 0.556. The largest absolute Gasteiger partial charge is 0.493 e. The quantitative estimate of drug-likeness (QED) is 0.427. The Hall–Kier alpha value is -1.59. The van der Waals surface area contributed by atoms with Crippen molar-refractivity contribution in [2.24, 2.45) is 23.2 Å². The molecule has 6 rings (SSSR count). The number of hydrogen-bond donors (Lipinski definition) is 1. The van der Waals surface area contributed by atoms with E-state index in [1.807, 2.05) is 12.1 Å². The van der Waals surface area contributed by atoms with Crippen LogP contribution in [-0.4, -0.2) is 13.2 Å². The maximum absolute atomic E-state index is 14.0. The van der Waals surface area contributed by atoms with Crippen LogP contribution in [0.4, 0.5) is 4.39 Å². The average molecular weight is 502 g/mol. The Balaban J connectivity index is 1.25. The second kappa shape index (κ2) is 8.98. The van der Waals surface area contributed by atoms with Crippen LogP contribution in [0.3, 0.4) is 0 Å². The van der Waals surface area contributed by atoms with Gasteiger partial charge in [0.25, 0.3) is 0 Å². The molecule has 4 bridgehead atoms. The summed E-state index contributed by atoms with van der Waals surface area (Å²) in [5.41, 5.74) is 2.17. The molecule has 0 aromatic heterocycles. The van der Waals surface area contributed by atoms with Crippen LogP contribution in [0.15, 0.2) is 40.9 Å². The summed E-state index contributed by atoms with van der Waals surface area (Å²) in [6.07, 6.45) is 8.65. The van der Waals surface area contributed by atoms with E-state index in [1.54, 1.807) is 19.2 Å². The van der Waals surface area contributed by atoms with Crippen LogP contribution < -0.4 is 14.8 Å². The maximum Gasteiger partial charge on any atom is 0.175 e. The van der Waals surface area contributed by atoms with Crippen molar-refractivity contribution in [2.45, 2.75) is 64.6 Å². The lowest BCUT2D eigenvalue weighted by Gasteiger charge is -2.59. The van der Waals surface area contributed by atoms with Crippen molar-refractivity contribution < 1.29 is 13.9 Å². The van der Waals surface area contributed by atoms with Gasteiger partial charge in [-0.3, -0.25) is 0 Å². The van der Waals surface area contributed by atoms with E-state index in [2.05, 4.69) is 34.2 Å². The van der Waals surface area contributed by atoms with Gasteiger partial charge in [-0.2, -0.15) is 0 Å². The monoisotopic (exact) mass is 501 g/mol. The summed E-state index contributed by atoms with van der Waals surface area (Å²) in [5.74, 6) is 3.90. The molecular weight excluding hydrogens is 469 g/mol. The zero-order valence-corrected chi connectivity index (χ0v) is 20.6. The van der Waals surface area contributed by atoms with Gasteiger partial charge < -0.3 is 14.8 Å². The lowest BCUT2D eigenvalue weighted by molar-refractivity contribution is -0.0706. The first-order chi connectivity index (χ1) is 15.5. The van der Waals surface area contributed by atoms with E-state index in [1.165, 1.54) is 44.6 Å². The molecule has 0 heterocycles. The molecule has 0 radical (unpaired) electrons. The summed E-state index contributed by atoms with van der Waals surface area (Å²) in [4.78, 5) is 0. The topological polar surface area (TPSA) is 30.5 Å². The van der Waals surface area contributed by atoms with Crippen LogP contribution >= 0.6 is 15.9 Å². The van der Waals surface area contributed by atoms with E-state index in [0.29, 0.717) is 28.5 Å². The minimum absolute atomic E-state index is 0.155. The van der Waals surface area contributed by atoms with Gasteiger partial charge in [0.05, 0.1) is 11.6 Å². The van der Waals surface area contributed by atoms with Crippen molar-refractivity contribution in [3.63, 3.8) is 0 Å². The molecule has 0 unspecified atom stereocenters. The number of rotatable bonds is 8. The van der Waals surface area contributed by atoms with Crippen molar-refractivity contribution in [1.82, 2.24) is 5.32 Å². The van der Waals surface area contributed by atoms with E-state index in [-0.39, 0.29) is 12.4 Å². The number of halogens is 2. The highest BCUT2D eigenvalue weighted by molar-refractivity contribution is 9.10. The molecule has 1 atom stereocenters. The Kier molecular flexibility index (Phi) is 6.23. The highest BCUT2D eigenvalue weighted by atomic mass is 79.9. The van der Waals surface area contributed by atoms with Crippen molar-refractivity contribution in [3.05, 3.63) is 57.8 Å². The highest BCUT2D eigenvalue weighted by Gasteiger charge is 2.52. The molecule has 172 valence electrons. The minimum atomic E-state index is -0.262. The molecule has 0 spiro atoms. The second-order valence-corrected chi connectivity index (χ2v) is 11.2.